The number of carbonyl (C=O) groups excluding carboxylic acids is 2. The summed E-state index contributed by atoms with van der Waals surface area (Å²) in [7, 11) is 1.36. The highest BCUT2D eigenvalue weighted by molar-refractivity contribution is 6.30. The van der Waals surface area contributed by atoms with Crippen LogP contribution in [-0.2, 0) is 14.3 Å². The highest BCUT2D eigenvalue weighted by Crippen LogP contribution is 2.37. The van der Waals surface area contributed by atoms with Gasteiger partial charge in [-0.1, -0.05) is 23.7 Å². The molecule has 0 spiro atoms. The number of benzene rings is 1. The van der Waals surface area contributed by atoms with Crippen molar-refractivity contribution in [3.05, 3.63) is 41.2 Å². The average Bonchev–Trinajstić information content (AvgIpc) is 3.13. The van der Waals surface area contributed by atoms with Gasteiger partial charge in [0.25, 0.3) is 0 Å². The van der Waals surface area contributed by atoms with Crippen LogP contribution in [0, 0.1) is 5.92 Å². The molecule has 0 bridgehead atoms. The van der Waals surface area contributed by atoms with Crippen molar-refractivity contribution < 1.29 is 19.1 Å². The number of hydrogen-bond donors (Lipinski definition) is 1. The van der Waals surface area contributed by atoms with Crippen LogP contribution in [0.5, 0.6) is 0 Å². The number of piperidine rings is 1. The van der Waals surface area contributed by atoms with Crippen LogP contribution in [0.1, 0.15) is 30.3 Å². The lowest BCUT2D eigenvalue weighted by molar-refractivity contribution is -0.148. The van der Waals surface area contributed by atoms with E-state index in [1.54, 1.807) is 0 Å². The molecule has 1 fully saturated rings. The quantitative estimate of drug-likeness (QED) is 0.784. The number of esters is 2. The first kappa shape index (κ1) is 19.3. The van der Waals surface area contributed by atoms with Crippen molar-refractivity contribution in [3.63, 3.8) is 0 Å². The van der Waals surface area contributed by atoms with Crippen molar-refractivity contribution in [2.75, 3.05) is 31.7 Å². The number of nitrogens with one attached hydrogen (secondary N) is 1. The van der Waals surface area contributed by atoms with E-state index in [0.717, 1.165) is 16.8 Å². The van der Waals surface area contributed by atoms with E-state index < -0.39 is 5.97 Å². The molecule has 1 aromatic carbocycles. The summed E-state index contributed by atoms with van der Waals surface area (Å²) in [5.74, 6) is -0.657. The van der Waals surface area contributed by atoms with Crippen LogP contribution in [0.2, 0.25) is 5.02 Å². The molecule has 0 radical (unpaired) electrons. The summed E-state index contributed by atoms with van der Waals surface area (Å²) in [6, 6.07) is 7.47. The van der Waals surface area contributed by atoms with E-state index in [-0.39, 0.29) is 11.9 Å². The average molecular weight is 391 g/mol. The summed E-state index contributed by atoms with van der Waals surface area (Å²) in [5.41, 5.74) is 3.07. The number of aromatic nitrogens is 1. The third-order valence-electron chi connectivity index (χ3n) is 4.83. The van der Waals surface area contributed by atoms with Gasteiger partial charge in [-0.3, -0.25) is 4.79 Å². The van der Waals surface area contributed by atoms with Gasteiger partial charge in [0.15, 0.2) is 0 Å². The van der Waals surface area contributed by atoms with E-state index >= 15 is 0 Å². The lowest BCUT2D eigenvalue weighted by Crippen LogP contribution is -2.37. The van der Waals surface area contributed by atoms with Crippen LogP contribution in [0.4, 0.5) is 5.69 Å². The van der Waals surface area contributed by atoms with Gasteiger partial charge in [0.1, 0.15) is 5.69 Å². The van der Waals surface area contributed by atoms with E-state index in [1.165, 1.54) is 7.11 Å². The van der Waals surface area contributed by atoms with Crippen molar-refractivity contribution in [3.8, 4) is 11.1 Å². The van der Waals surface area contributed by atoms with Crippen molar-refractivity contribution in [1.82, 2.24) is 4.98 Å². The van der Waals surface area contributed by atoms with Crippen molar-refractivity contribution in [2.24, 2.45) is 5.92 Å². The Morgan fingerprint density at radius 1 is 1.22 bits per heavy atom. The normalized spacial score (nSPS) is 14.9. The standard InChI is InChI=1S/C20H23ClN2O4/c1-3-27-19(24)14-8-10-23(11-9-14)18-16(12-22-17(18)20(25)26-2)13-4-6-15(21)7-5-13/h4-7,12,14,22H,3,8-11H2,1-2H3. The van der Waals surface area contributed by atoms with Gasteiger partial charge in [0.2, 0.25) is 0 Å². The number of H-pyrrole nitrogens is 1. The van der Waals surface area contributed by atoms with Gasteiger partial charge in [0, 0.05) is 29.9 Å². The van der Waals surface area contributed by atoms with Gasteiger partial charge < -0.3 is 19.4 Å². The molecular weight excluding hydrogens is 368 g/mol. The molecule has 0 aliphatic carbocycles. The zero-order valence-corrected chi connectivity index (χ0v) is 16.2. The number of halogens is 1. The molecule has 0 atom stereocenters. The monoisotopic (exact) mass is 390 g/mol. The molecule has 1 saturated heterocycles. The van der Waals surface area contributed by atoms with Crippen LogP contribution in [0.25, 0.3) is 11.1 Å². The minimum absolute atomic E-state index is 0.0966. The Morgan fingerprint density at radius 3 is 2.48 bits per heavy atom. The SMILES string of the molecule is CCOC(=O)C1CCN(c2c(-c3ccc(Cl)cc3)c[nH]c2C(=O)OC)CC1. The number of aromatic amines is 1. The van der Waals surface area contributed by atoms with Crippen LogP contribution in [0.15, 0.2) is 30.5 Å². The predicted octanol–water partition coefficient (Wildman–Crippen LogP) is 3.90. The zero-order valence-electron chi connectivity index (χ0n) is 15.5. The summed E-state index contributed by atoms with van der Waals surface area (Å²) in [5, 5.41) is 0.652. The second kappa shape index (κ2) is 8.48. The molecule has 2 aromatic rings. The van der Waals surface area contributed by atoms with Crippen LogP contribution >= 0.6 is 11.6 Å². The lowest BCUT2D eigenvalue weighted by atomic mass is 9.95. The topological polar surface area (TPSA) is 71.6 Å². The molecule has 1 N–H and O–H groups in total. The Bertz CT molecular complexity index is 808. The zero-order chi connectivity index (χ0) is 19.4. The van der Waals surface area contributed by atoms with Crippen molar-refractivity contribution in [2.45, 2.75) is 19.8 Å². The van der Waals surface area contributed by atoms with E-state index in [4.69, 9.17) is 21.1 Å². The van der Waals surface area contributed by atoms with Crippen molar-refractivity contribution in [1.29, 1.82) is 0 Å². The Balaban J connectivity index is 1.89. The summed E-state index contributed by atoms with van der Waals surface area (Å²) in [4.78, 5) is 29.4. The maximum Gasteiger partial charge on any atom is 0.356 e. The molecule has 0 amide bonds. The largest absolute Gasteiger partial charge is 0.466 e. The number of anilines is 1. The van der Waals surface area contributed by atoms with E-state index in [1.807, 2.05) is 37.4 Å². The Labute approximate surface area is 163 Å². The second-order valence-electron chi connectivity index (χ2n) is 6.44. The number of carbonyl (C=O) groups is 2. The third kappa shape index (κ3) is 4.11. The fourth-order valence-electron chi connectivity index (χ4n) is 3.45. The van der Waals surface area contributed by atoms with Gasteiger partial charge in [-0.05, 0) is 37.5 Å². The molecule has 6 nitrogen and oxygen atoms in total. The smallest absolute Gasteiger partial charge is 0.356 e. The molecule has 144 valence electrons. The molecule has 0 unspecified atom stereocenters. The summed E-state index contributed by atoms with van der Waals surface area (Å²) < 4.78 is 10.1. The second-order valence-corrected chi connectivity index (χ2v) is 6.87. The molecular formula is C20H23ClN2O4. The Hall–Kier alpha value is -2.47. The molecule has 1 aliphatic rings. The lowest BCUT2D eigenvalue weighted by Gasteiger charge is -2.33. The van der Waals surface area contributed by atoms with E-state index in [2.05, 4.69) is 9.88 Å². The molecule has 3 rings (SSSR count). The van der Waals surface area contributed by atoms with E-state index in [0.29, 0.717) is 43.3 Å². The van der Waals surface area contributed by atoms with Gasteiger partial charge in [-0.2, -0.15) is 0 Å². The van der Waals surface area contributed by atoms with Crippen LogP contribution in [-0.4, -0.2) is 43.7 Å². The predicted molar refractivity (Wildman–Crippen MR) is 104 cm³/mol. The number of ether oxygens (including phenoxy) is 2. The summed E-state index contributed by atoms with van der Waals surface area (Å²) >= 11 is 6.00. The first-order chi connectivity index (χ1) is 13.0. The molecule has 7 heteroatoms. The maximum atomic E-state index is 12.3. The molecule has 2 heterocycles. The highest BCUT2D eigenvalue weighted by Gasteiger charge is 2.30. The fourth-order valence-corrected chi connectivity index (χ4v) is 3.58. The third-order valence-corrected chi connectivity index (χ3v) is 5.08. The summed E-state index contributed by atoms with van der Waals surface area (Å²) in [6.45, 7) is 3.52. The first-order valence-electron chi connectivity index (χ1n) is 9.02. The van der Waals surface area contributed by atoms with Crippen molar-refractivity contribution >= 4 is 29.2 Å². The Morgan fingerprint density at radius 2 is 1.89 bits per heavy atom. The van der Waals surface area contributed by atoms with E-state index in [9.17, 15) is 9.59 Å². The number of hydrogen-bond acceptors (Lipinski definition) is 5. The van der Waals surface area contributed by atoms with Gasteiger partial charge in [0.05, 0.1) is 25.3 Å². The minimum atomic E-state index is -0.419. The Kier molecular flexibility index (Phi) is 6.06. The van der Waals surface area contributed by atoms with Gasteiger partial charge >= 0.3 is 11.9 Å². The number of nitrogens with zero attached hydrogens (tertiary/aromatic N) is 1. The molecule has 27 heavy (non-hydrogen) atoms. The van der Waals surface area contributed by atoms with Crippen LogP contribution in [0.3, 0.4) is 0 Å². The molecule has 0 saturated carbocycles. The fraction of sp³-hybridized carbons (Fsp3) is 0.400. The van der Waals surface area contributed by atoms with Gasteiger partial charge in [-0.15, -0.1) is 0 Å². The first-order valence-corrected chi connectivity index (χ1v) is 9.40. The maximum absolute atomic E-state index is 12.3. The number of rotatable bonds is 5. The highest BCUT2D eigenvalue weighted by atomic mass is 35.5. The number of methoxy groups -OCH3 is 1. The minimum Gasteiger partial charge on any atom is -0.466 e. The van der Waals surface area contributed by atoms with Gasteiger partial charge in [-0.25, -0.2) is 4.79 Å². The molecule has 1 aliphatic heterocycles. The van der Waals surface area contributed by atoms with Crippen LogP contribution < -0.4 is 4.90 Å². The summed E-state index contributed by atoms with van der Waals surface area (Å²) in [6.07, 6.45) is 3.18. The molecule has 1 aromatic heterocycles.